The Hall–Kier alpha value is -2.91. The predicted molar refractivity (Wildman–Crippen MR) is 99.2 cm³/mol. The second-order valence-electron chi connectivity index (χ2n) is 5.75. The Morgan fingerprint density at radius 2 is 1.83 bits per heavy atom. The van der Waals surface area contributed by atoms with Gasteiger partial charge in [0.25, 0.3) is 5.56 Å². The summed E-state index contributed by atoms with van der Waals surface area (Å²) in [6, 6.07) is 6.07. The maximum absolute atomic E-state index is 12.6. The molecule has 3 rings (SSSR count). The van der Waals surface area contributed by atoms with Crippen molar-refractivity contribution in [2.45, 2.75) is 13.1 Å². The van der Waals surface area contributed by atoms with Gasteiger partial charge in [-0.2, -0.15) is 23.0 Å². The van der Waals surface area contributed by atoms with E-state index in [-0.39, 0.29) is 33.1 Å². The van der Waals surface area contributed by atoms with Crippen LogP contribution in [-0.4, -0.2) is 20.5 Å². The number of carbonyl (C=O) groups is 1. The number of ether oxygens (including phenoxy) is 1. The molecular weight excluding hydrogens is 434 g/mol. The molecule has 0 aliphatic rings. The van der Waals surface area contributed by atoms with Gasteiger partial charge in [0, 0.05) is 11.8 Å². The van der Waals surface area contributed by atoms with Gasteiger partial charge in [0.1, 0.15) is 5.75 Å². The van der Waals surface area contributed by atoms with Gasteiger partial charge < -0.3 is 4.74 Å². The van der Waals surface area contributed by atoms with Crippen LogP contribution in [0.15, 0.2) is 47.5 Å². The molecule has 3 aromatic rings. The molecule has 11 heteroatoms. The van der Waals surface area contributed by atoms with Crippen LogP contribution in [0.4, 0.5) is 13.2 Å². The number of hydrogen-bond donors (Lipinski definition) is 0. The zero-order valence-electron chi connectivity index (χ0n) is 14.5. The molecule has 0 aliphatic heterocycles. The number of hydrogen-bond acceptors (Lipinski definition) is 5. The third-order valence-corrected chi connectivity index (χ3v) is 4.38. The first-order valence-corrected chi connectivity index (χ1v) is 8.63. The third kappa shape index (κ3) is 4.41. The van der Waals surface area contributed by atoms with E-state index in [1.165, 1.54) is 25.1 Å². The van der Waals surface area contributed by atoms with Gasteiger partial charge in [0.2, 0.25) is 0 Å². The minimum absolute atomic E-state index is 0.113. The van der Waals surface area contributed by atoms with E-state index in [2.05, 4.69) is 10.1 Å². The fourth-order valence-corrected chi connectivity index (χ4v) is 2.64. The summed E-state index contributed by atoms with van der Waals surface area (Å²) in [6.45, 7) is 1.38. The molecular formula is C18H10Cl2F3N3O3. The fourth-order valence-electron chi connectivity index (χ4n) is 2.25. The zero-order valence-corrected chi connectivity index (χ0v) is 16.0. The molecule has 0 aliphatic carbocycles. The van der Waals surface area contributed by atoms with Crippen LogP contribution in [-0.2, 0) is 6.18 Å². The van der Waals surface area contributed by atoms with E-state index in [0.717, 1.165) is 23.0 Å². The van der Waals surface area contributed by atoms with Crippen LogP contribution in [0.3, 0.4) is 0 Å². The number of alkyl halides is 3. The molecule has 0 saturated carbocycles. The van der Waals surface area contributed by atoms with Crippen LogP contribution in [0.25, 0.3) is 5.82 Å². The fraction of sp³-hybridized carbons (Fsp3) is 0.111. The standard InChI is InChI=1S/C18H10Cl2F3N3O3/c1-9(27)10-2-4-13(12(19)6-10)29-14-8-25-26(17(28)16(14)20)15-5-3-11(7-24-15)18(21,22)23/h2-8H,1H3. The molecule has 150 valence electrons. The average Bonchev–Trinajstić information content (AvgIpc) is 2.66. The summed E-state index contributed by atoms with van der Waals surface area (Å²) >= 11 is 12.1. The summed E-state index contributed by atoms with van der Waals surface area (Å²) in [5.74, 6) is -0.340. The van der Waals surface area contributed by atoms with Crippen LogP contribution in [0.2, 0.25) is 10.0 Å². The number of halogens is 5. The number of rotatable bonds is 4. The summed E-state index contributed by atoms with van der Waals surface area (Å²) in [5, 5.41) is 3.56. The number of Topliss-reactive ketones (excluding diaryl/α,β-unsaturated/α-hetero) is 1. The molecule has 29 heavy (non-hydrogen) atoms. The first-order chi connectivity index (χ1) is 13.6. The Morgan fingerprint density at radius 3 is 2.38 bits per heavy atom. The van der Waals surface area contributed by atoms with Crippen molar-refractivity contribution in [3.05, 3.63) is 74.3 Å². The Balaban J connectivity index is 1.92. The van der Waals surface area contributed by atoms with Gasteiger partial charge in [-0.05, 0) is 37.3 Å². The summed E-state index contributed by atoms with van der Waals surface area (Å²) in [7, 11) is 0. The number of aromatic nitrogens is 3. The van der Waals surface area contributed by atoms with E-state index >= 15 is 0 Å². The molecule has 0 amide bonds. The minimum Gasteiger partial charge on any atom is -0.452 e. The highest BCUT2D eigenvalue weighted by molar-refractivity contribution is 6.33. The van der Waals surface area contributed by atoms with Crippen molar-refractivity contribution in [3.8, 4) is 17.3 Å². The Labute approximate surface area is 171 Å². The molecule has 2 heterocycles. The molecule has 1 aromatic carbocycles. The van der Waals surface area contributed by atoms with E-state index in [1.807, 2.05) is 0 Å². The maximum Gasteiger partial charge on any atom is 0.417 e. The highest BCUT2D eigenvalue weighted by atomic mass is 35.5. The molecule has 0 unspecified atom stereocenters. The van der Waals surface area contributed by atoms with Crippen molar-refractivity contribution >= 4 is 29.0 Å². The van der Waals surface area contributed by atoms with Crippen LogP contribution in [0.1, 0.15) is 22.8 Å². The largest absolute Gasteiger partial charge is 0.452 e. The van der Waals surface area contributed by atoms with Crippen LogP contribution in [0.5, 0.6) is 11.5 Å². The summed E-state index contributed by atoms with van der Waals surface area (Å²) in [4.78, 5) is 27.4. The van der Waals surface area contributed by atoms with E-state index in [1.54, 1.807) is 0 Å². The van der Waals surface area contributed by atoms with E-state index in [0.29, 0.717) is 11.8 Å². The Kier molecular flexibility index (Phi) is 5.63. The van der Waals surface area contributed by atoms with Crippen LogP contribution in [0, 0.1) is 0 Å². The topological polar surface area (TPSA) is 74.1 Å². The number of ketones is 1. The van der Waals surface area contributed by atoms with Gasteiger partial charge in [-0.25, -0.2) is 4.98 Å². The van der Waals surface area contributed by atoms with Gasteiger partial charge in [0.15, 0.2) is 22.4 Å². The molecule has 6 nitrogen and oxygen atoms in total. The lowest BCUT2D eigenvalue weighted by Gasteiger charge is -2.11. The quantitative estimate of drug-likeness (QED) is 0.533. The number of nitrogens with zero attached hydrogens (tertiary/aromatic N) is 3. The molecule has 0 atom stereocenters. The lowest BCUT2D eigenvalue weighted by Crippen LogP contribution is -2.23. The van der Waals surface area contributed by atoms with E-state index in [4.69, 9.17) is 27.9 Å². The van der Waals surface area contributed by atoms with Crippen LogP contribution >= 0.6 is 23.2 Å². The first-order valence-electron chi connectivity index (χ1n) is 7.87. The Bertz CT molecular complexity index is 1150. The predicted octanol–water partition coefficient (Wildman–Crippen LogP) is 4.95. The van der Waals surface area contributed by atoms with Crippen molar-refractivity contribution in [1.29, 1.82) is 0 Å². The van der Waals surface area contributed by atoms with Gasteiger partial charge in [0.05, 0.1) is 16.8 Å². The van der Waals surface area contributed by atoms with Gasteiger partial charge in [-0.1, -0.05) is 23.2 Å². The monoisotopic (exact) mass is 443 g/mol. The maximum atomic E-state index is 12.6. The normalized spacial score (nSPS) is 11.4. The van der Waals surface area contributed by atoms with Crippen LogP contribution < -0.4 is 10.3 Å². The van der Waals surface area contributed by atoms with Gasteiger partial charge in [-0.15, -0.1) is 0 Å². The number of benzene rings is 1. The van der Waals surface area contributed by atoms with E-state index < -0.39 is 17.3 Å². The molecule has 0 spiro atoms. The minimum atomic E-state index is -4.56. The highest BCUT2D eigenvalue weighted by Crippen LogP contribution is 2.33. The van der Waals surface area contributed by atoms with E-state index in [9.17, 15) is 22.8 Å². The van der Waals surface area contributed by atoms with Crippen molar-refractivity contribution in [2.24, 2.45) is 0 Å². The number of pyridine rings is 1. The third-order valence-electron chi connectivity index (χ3n) is 3.74. The number of carbonyl (C=O) groups excluding carboxylic acids is 1. The molecule has 0 saturated heterocycles. The summed E-state index contributed by atoms with van der Waals surface area (Å²) in [5.41, 5.74) is -1.45. The van der Waals surface area contributed by atoms with Crippen molar-refractivity contribution in [3.63, 3.8) is 0 Å². The second-order valence-corrected chi connectivity index (χ2v) is 6.53. The first kappa shape index (κ1) is 20.8. The van der Waals surface area contributed by atoms with Crippen molar-refractivity contribution < 1.29 is 22.7 Å². The lowest BCUT2D eigenvalue weighted by molar-refractivity contribution is -0.137. The van der Waals surface area contributed by atoms with Gasteiger partial charge in [-0.3, -0.25) is 9.59 Å². The molecule has 0 bridgehead atoms. The molecule has 0 fully saturated rings. The van der Waals surface area contributed by atoms with Crippen molar-refractivity contribution in [2.75, 3.05) is 0 Å². The molecule has 0 radical (unpaired) electrons. The highest BCUT2D eigenvalue weighted by Gasteiger charge is 2.30. The van der Waals surface area contributed by atoms with Gasteiger partial charge >= 0.3 is 6.18 Å². The van der Waals surface area contributed by atoms with Crippen molar-refractivity contribution in [1.82, 2.24) is 14.8 Å². The Morgan fingerprint density at radius 1 is 1.10 bits per heavy atom. The SMILES string of the molecule is CC(=O)c1ccc(Oc2cnn(-c3ccc(C(F)(F)F)cn3)c(=O)c2Cl)c(Cl)c1. The summed E-state index contributed by atoms with van der Waals surface area (Å²) in [6.07, 6.45) is -2.88. The zero-order chi connectivity index (χ0) is 21.3. The summed E-state index contributed by atoms with van der Waals surface area (Å²) < 4.78 is 44.1. The second kappa shape index (κ2) is 7.84. The lowest BCUT2D eigenvalue weighted by atomic mass is 10.1. The average molecular weight is 444 g/mol. The molecule has 0 N–H and O–H groups in total. The molecule has 2 aromatic heterocycles. The smallest absolute Gasteiger partial charge is 0.417 e.